The number of rotatable bonds is 1. The van der Waals surface area contributed by atoms with E-state index in [1.165, 1.54) is 6.07 Å². The van der Waals surface area contributed by atoms with Crippen molar-refractivity contribution in [2.24, 2.45) is 0 Å². The first kappa shape index (κ1) is 10.0. The summed E-state index contributed by atoms with van der Waals surface area (Å²) in [6.45, 7) is 0. The molecule has 0 aliphatic heterocycles. The number of nitrogens with zero attached hydrogens (tertiary/aromatic N) is 1. The van der Waals surface area contributed by atoms with Crippen molar-refractivity contribution in [3.63, 3.8) is 0 Å². The molecule has 13 heavy (non-hydrogen) atoms. The van der Waals surface area contributed by atoms with Gasteiger partial charge in [0.05, 0.1) is 5.00 Å². The summed E-state index contributed by atoms with van der Waals surface area (Å²) in [5.41, 5.74) is 0. The molecule has 1 aromatic rings. The maximum Gasteiger partial charge on any atom is 0.471 e. The maximum absolute atomic E-state index is 11.9. The Balaban J connectivity index is 2.81. The molecule has 0 saturated carbocycles. The van der Waals surface area contributed by atoms with E-state index in [0.717, 1.165) is 18.4 Å². The normalized spacial score (nSPS) is 11.4. The van der Waals surface area contributed by atoms with Gasteiger partial charge in [-0.3, -0.25) is 9.69 Å². The molecule has 0 aliphatic rings. The Kier molecular flexibility index (Phi) is 2.60. The van der Waals surface area contributed by atoms with E-state index >= 15 is 0 Å². The van der Waals surface area contributed by atoms with Gasteiger partial charge >= 0.3 is 12.1 Å². The van der Waals surface area contributed by atoms with Crippen LogP contribution >= 0.6 is 11.3 Å². The van der Waals surface area contributed by atoms with Gasteiger partial charge in [-0.15, -0.1) is 11.3 Å². The van der Waals surface area contributed by atoms with Crippen LogP contribution in [0, 0.1) is 0 Å². The smallest absolute Gasteiger partial charge is 0.299 e. The van der Waals surface area contributed by atoms with Crippen LogP contribution in [0.4, 0.5) is 18.2 Å². The van der Waals surface area contributed by atoms with E-state index in [2.05, 4.69) is 0 Å². The highest BCUT2D eigenvalue weighted by Crippen LogP contribution is 2.25. The number of alkyl halides is 3. The van der Waals surface area contributed by atoms with Crippen LogP contribution in [0.3, 0.4) is 0 Å². The molecular formula is C7H6F3NOS. The van der Waals surface area contributed by atoms with E-state index in [1.807, 2.05) is 0 Å². The minimum absolute atomic E-state index is 0.280. The molecule has 0 unspecified atom stereocenters. The zero-order valence-electron chi connectivity index (χ0n) is 6.63. The van der Waals surface area contributed by atoms with Gasteiger partial charge in [-0.1, -0.05) is 0 Å². The predicted octanol–water partition coefficient (Wildman–Crippen LogP) is 2.27. The van der Waals surface area contributed by atoms with Crippen LogP contribution in [0.25, 0.3) is 0 Å². The lowest BCUT2D eigenvalue weighted by Gasteiger charge is -2.16. The molecule has 0 N–H and O–H groups in total. The molecule has 1 aromatic heterocycles. The molecule has 2 nitrogen and oxygen atoms in total. The molecule has 0 bridgehead atoms. The summed E-state index contributed by atoms with van der Waals surface area (Å²) in [5, 5.41) is 1.89. The van der Waals surface area contributed by atoms with Crippen LogP contribution in [0.15, 0.2) is 17.5 Å². The third kappa shape index (κ3) is 2.21. The molecule has 0 radical (unpaired) electrons. The Morgan fingerprint density at radius 2 is 2.15 bits per heavy atom. The fourth-order valence-electron chi connectivity index (χ4n) is 0.751. The monoisotopic (exact) mass is 209 g/mol. The Hall–Kier alpha value is -1.04. The summed E-state index contributed by atoms with van der Waals surface area (Å²) in [5.74, 6) is -1.85. The van der Waals surface area contributed by atoms with Crippen LogP contribution in [0.5, 0.6) is 0 Å². The summed E-state index contributed by atoms with van der Waals surface area (Å²) in [4.78, 5) is 11.3. The van der Waals surface area contributed by atoms with Crippen LogP contribution in [-0.4, -0.2) is 19.1 Å². The van der Waals surface area contributed by atoms with E-state index in [4.69, 9.17) is 0 Å². The van der Waals surface area contributed by atoms with E-state index < -0.39 is 12.1 Å². The second-order valence-electron chi connectivity index (χ2n) is 2.31. The van der Waals surface area contributed by atoms with Gasteiger partial charge in [0.2, 0.25) is 0 Å². The molecular weight excluding hydrogens is 203 g/mol. The SMILES string of the molecule is CN(C(=O)C(F)(F)F)c1cccs1. The fourth-order valence-corrected chi connectivity index (χ4v) is 1.45. The first-order chi connectivity index (χ1) is 5.93. The van der Waals surface area contributed by atoms with E-state index in [1.54, 1.807) is 11.4 Å². The van der Waals surface area contributed by atoms with Crippen LogP contribution in [0.2, 0.25) is 0 Å². The summed E-state index contributed by atoms with van der Waals surface area (Å²) < 4.78 is 35.7. The summed E-state index contributed by atoms with van der Waals surface area (Å²) >= 11 is 1.08. The summed E-state index contributed by atoms with van der Waals surface area (Å²) in [6.07, 6.45) is -4.81. The second-order valence-corrected chi connectivity index (χ2v) is 3.24. The second kappa shape index (κ2) is 3.37. The van der Waals surface area contributed by atoms with E-state index in [9.17, 15) is 18.0 Å². The third-order valence-corrected chi connectivity index (χ3v) is 2.33. The van der Waals surface area contributed by atoms with Gasteiger partial charge in [-0.25, -0.2) is 0 Å². The number of carbonyl (C=O) groups is 1. The van der Waals surface area contributed by atoms with Crippen molar-refractivity contribution in [2.45, 2.75) is 6.18 Å². The Morgan fingerprint density at radius 3 is 2.54 bits per heavy atom. The quantitative estimate of drug-likeness (QED) is 0.694. The molecule has 0 spiro atoms. The predicted molar refractivity (Wildman–Crippen MR) is 43.8 cm³/mol. The lowest BCUT2D eigenvalue weighted by molar-refractivity contribution is -0.170. The minimum Gasteiger partial charge on any atom is -0.299 e. The molecule has 0 saturated heterocycles. The maximum atomic E-state index is 11.9. The average molecular weight is 209 g/mol. The van der Waals surface area contributed by atoms with Crippen molar-refractivity contribution in [2.75, 3.05) is 11.9 Å². The van der Waals surface area contributed by atoms with Crippen molar-refractivity contribution in [1.82, 2.24) is 0 Å². The van der Waals surface area contributed by atoms with E-state index in [0.29, 0.717) is 4.90 Å². The van der Waals surface area contributed by atoms with Gasteiger partial charge in [0.25, 0.3) is 0 Å². The molecule has 6 heteroatoms. The van der Waals surface area contributed by atoms with Gasteiger partial charge in [-0.05, 0) is 17.5 Å². The molecule has 0 atom stereocenters. The van der Waals surface area contributed by atoms with Crippen LogP contribution in [-0.2, 0) is 4.79 Å². The highest BCUT2D eigenvalue weighted by atomic mass is 32.1. The minimum atomic E-state index is -4.81. The number of hydrogen-bond donors (Lipinski definition) is 0. The van der Waals surface area contributed by atoms with Crippen molar-refractivity contribution >= 4 is 22.2 Å². The van der Waals surface area contributed by atoms with Crippen molar-refractivity contribution in [3.8, 4) is 0 Å². The molecule has 1 rings (SSSR count). The number of amides is 1. The molecule has 0 fully saturated rings. The summed E-state index contributed by atoms with van der Waals surface area (Å²) in [7, 11) is 1.10. The largest absolute Gasteiger partial charge is 0.471 e. The number of thiophene rings is 1. The first-order valence-corrected chi connectivity index (χ1v) is 4.19. The third-order valence-electron chi connectivity index (χ3n) is 1.38. The van der Waals surface area contributed by atoms with Gasteiger partial charge in [0.1, 0.15) is 0 Å². The number of hydrogen-bond acceptors (Lipinski definition) is 2. The van der Waals surface area contributed by atoms with Gasteiger partial charge in [-0.2, -0.15) is 13.2 Å². The van der Waals surface area contributed by atoms with Crippen molar-refractivity contribution in [3.05, 3.63) is 17.5 Å². The van der Waals surface area contributed by atoms with Gasteiger partial charge in [0, 0.05) is 7.05 Å². The number of anilines is 1. The zero-order chi connectivity index (χ0) is 10.1. The van der Waals surface area contributed by atoms with Crippen LogP contribution in [0.1, 0.15) is 0 Å². The lowest BCUT2D eigenvalue weighted by Crippen LogP contribution is -2.38. The van der Waals surface area contributed by atoms with Crippen molar-refractivity contribution in [1.29, 1.82) is 0 Å². The zero-order valence-corrected chi connectivity index (χ0v) is 7.45. The van der Waals surface area contributed by atoms with Crippen LogP contribution < -0.4 is 4.90 Å². The number of carbonyl (C=O) groups excluding carboxylic acids is 1. The van der Waals surface area contributed by atoms with Gasteiger partial charge in [0.15, 0.2) is 0 Å². The van der Waals surface area contributed by atoms with Gasteiger partial charge < -0.3 is 0 Å². The van der Waals surface area contributed by atoms with Crippen molar-refractivity contribution < 1.29 is 18.0 Å². The first-order valence-electron chi connectivity index (χ1n) is 3.31. The average Bonchev–Trinajstić information content (AvgIpc) is 2.51. The molecule has 1 amide bonds. The summed E-state index contributed by atoms with van der Waals surface area (Å²) in [6, 6.07) is 3.04. The number of halogens is 3. The Morgan fingerprint density at radius 1 is 1.54 bits per heavy atom. The van der Waals surface area contributed by atoms with E-state index in [-0.39, 0.29) is 5.00 Å². The lowest BCUT2D eigenvalue weighted by atomic mass is 10.5. The molecule has 1 heterocycles. The fraction of sp³-hybridized carbons (Fsp3) is 0.286. The standard InChI is InChI=1S/C7H6F3NOS/c1-11(5-3-2-4-13-5)6(12)7(8,9)10/h2-4H,1H3. The highest BCUT2D eigenvalue weighted by Gasteiger charge is 2.41. The molecule has 72 valence electrons. The highest BCUT2D eigenvalue weighted by molar-refractivity contribution is 7.14. The Bertz CT molecular complexity index is 293. The Labute approximate surface area is 76.6 Å². The molecule has 0 aromatic carbocycles. The topological polar surface area (TPSA) is 20.3 Å². The molecule has 0 aliphatic carbocycles.